The van der Waals surface area contributed by atoms with E-state index in [1.165, 1.54) is 0 Å². The van der Waals surface area contributed by atoms with Gasteiger partial charge >= 0.3 is 0 Å². The molecule has 0 saturated heterocycles. The van der Waals surface area contributed by atoms with Gasteiger partial charge in [-0.3, -0.25) is 0 Å². The van der Waals surface area contributed by atoms with Crippen molar-refractivity contribution in [3.8, 4) is 0 Å². The van der Waals surface area contributed by atoms with Crippen LogP contribution in [0.25, 0.3) is 0 Å². The highest BCUT2D eigenvalue weighted by Gasteiger charge is 2.02. The van der Waals surface area contributed by atoms with Crippen molar-refractivity contribution in [1.82, 2.24) is 0 Å². The molecule has 0 aromatic heterocycles. The third kappa shape index (κ3) is 2.62. The number of anilines is 2. The summed E-state index contributed by atoms with van der Waals surface area (Å²) in [5.74, 6) is 0. The van der Waals surface area contributed by atoms with E-state index in [1.54, 1.807) is 17.8 Å². The fourth-order valence-corrected chi connectivity index (χ4v) is 2.39. The smallest absolute Gasteiger partial charge is 0.0456 e. The van der Waals surface area contributed by atoms with E-state index in [2.05, 4.69) is 0 Å². The first-order valence-electron chi connectivity index (χ1n) is 4.73. The summed E-state index contributed by atoms with van der Waals surface area (Å²) in [7, 11) is 0. The third-order valence-electron chi connectivity index (χ3n) is 2.08. The highest BCUT2D eigenvalue weighted by molar-refractivity contribution is 7.99. The molecule has 0 fully saturated rings. The Labute approximate surface area is 104 Å². The molecule has 0 atom stereocenters. The standard InChI is InChI=1S/C12H11ClN2S/c13-8-1-6-11(15)12(7-8)16-10-4-2-9(14)3-5-10/h1-7H,14-15H2. The van der Waals surface area contributed by atoms with E-state index in [9.17, 15) is 0 Å². The second-order valence-electron chi connectivity index (χ2n) is 3.35. The van der Waals surface area contributed by atoms with E-state index in [-0.39, 0.29) is 0 Å². The summed E-state index contributed by atoms with van der Waals surface area (Å²) in [6.45, 7) is 0. The summed E-state index contributed by atoms with van der Waals surface area (Å²) in [5, 5.41) is 0.687. The molecule has 0 unspecified atom stereocenters. The van der Waals surface area contributed by atoms with Crippen molar-refractivity contribution >= 4 is 34.7 Å². The molecule has 4 N–H and O–H groups in total. The minimum absolute atomic E-state index is 0.687. The van der Waals surface area contributed by atoms with E-state index < -0.39 is 0 Å². The highest BCUT2D eigenvalue weighted by atomic mass is 35.5. The Balaban J connectivity index is 2.26. The van der Waals surface area contributed by atoms with Crippen molar-refractivity contribution in [1.29, 1.82) is 0 Å². The van der Waals surface area contributed by atoms with Gasteiger partial charge in [0.1, 0.15) is 0 Å². The molecule has 0 spiro atoms. The summed E-state index contributed by atoms with van der Waals surface area (Å²) < 4.78 is 0. The van der Waals surface area contributed by atoms with E-state index in [0.717, 1.165) is 21.2 Å². The van der Waals surface area contributed by atoms with Gasteiger partial charge in [0.05, 0.1) is 0 Å². The topological polar surface area (TPSA) is 52.0 Å². The van der Waals surface area contributed by atoms with Crippen LogP contribution in [-0.2, 0) is 0 Å². The maximum Gasteiger partial charge on any atom is 0.0456 e. The molecule has 82 valence electrons. The SMILES string of the molecule is Nc1ccc(Sc2cc(Cl)ccc2N)cc1. The van der Waals surface area contributed by atoms with Crippen molar-refractivity contribution in [3.05, 3.63) is 47.5 Å². The fourth-order valence-electron chi connectivity index (χ4n) is 1.26. The molecule has 0 aliphatic carbocycles. The lowest BCUT2D eigenvalue weighted by Crippen LogP contribution is -1.88. The Morgan fingerprint density at radius 2 is 1.62 bits per heavy atom. The molecular weight excluding hydrogens is 240 g/mol. The fraction of sp³-hybridized carbons (Fsp3) is 0. The molecule has 0 bridgehead atoms. The normalized spacial score (nSPS) is 10.3. The van der Waals surface area contributed by atoms with Crippen molar-refractivity contribution in [3.63, 3.8) is 0 Å². The molecule has 2 nitrogen and oxygen atoms in total. The van der Waals surface area contributed by atoms with Crippen LogP contribution in [0.3, 0.4) is 0 Å². The van der Waals surface area contributed by atoms with Crippen LogP contribution in [0, 0.1) is 0 Å². The Morgan fingerprint density at radius 1 is 0.938 bits per heavy atom. The van der Waals surface area contributed by atoms with Crippen LogP contribution in [0.5, 0.6) is 0 Å². The van der Waals surface area contributed by atoms with Gasteiger partial charge in [-0.25, -0.2) is 0 Å². The van der Waals surface area contributed by atoms with Crippen LogP contribution in [0.2, 0.25) is 5.02 Å². The maximum atomic E-state index is 5.92. The van der Waals surface area contributed by atoms with Crippen molar-refractivity contribution in [2.24, 2.45) is 0 Å². The number of nitrogen functional groups attached to an aromatic ring is 2. The van der Waals surface area contributed by atoms with Crippen LogP contribution >= 0.6 is 23.4 Å². The average molecular weight is 251 g/mol. The van der Waals surface area contributed by atoms with Gasteiger partial charge in [0.2, 0.25) is 0 Å². The summed E-state index contributed by atoms with van der Waals surface area (Å²) in [4.78, 5) is 2.04. The number of hydrogen-bond donors (Lipinski definition) is 2. The van der Waals surface area contributed by atoms with E-state index in [4.69, 9.17) is 23.1 Å². The van der Waals surface area contributed by atoms with Gasteiger partial charge < -0.3 is 11.5 Å². The summed E-state index contributed by atoms with van der Waals surface area (Å²) in [5.41, 5.74) is 13.0. The molecule has 0 aliphatic rings. The molecule has 2 aromatic carbocycles. The predicted molar refractivity (Wildman–Crippen MR) is 70.8 cm³/mol. The Morgan fingerprint density at radius 3 is 2.31 bits per heavy atom. The van der Waals surface area contributed by atoms with Crippen LogP contribution in [0.4, 0.5) is 11.4 Å². The van der Waals surface area contributed by atoms with Crippen molar-refractivity contribution < 1.29 is 0 Å². The second-order valence-corrected chi connectivity index (χ2v) is 4.91. The minimum atomic E-state index is 0.687. The first-order valence-corrected chi connectivity index (χ1v) is 5.93. The number of benzene rings is 2. The lowest BCUT2D eigenvalue weighted by molar-refractivity contribution is 1.41. The van der Waals surface area contributed by atoms with Gasteiger partial charge in [-0.05, 0) is 42.5 Å². The van der Waals surface area contributed by atoms with Crippen molar-refractivity contribution in [2.75, 3.05) is 11.5 Å². The lowest BCUT2D eigenvalue weighted by atomic mass is 10.3. The molecule has 2 rings (SSSR count). The second kappa shape index (κ2) is 4.68. The van der Waals surface area contributed by atoms with Gasteiger partial charge in [0.25, 0.3) is 0 Å². The van der Waals surface area contributed by atoms with Crippen LogP contribution in [-0.4, -0.2) is 0 Å². The molecule has 0 radical (unpaired) electrons. The summed E-state index contributed by atoms with van der Waals surface area (Å²) >= 11 is 7.49. The van der Waals surface area contributed by atoms with Crippen LogP contribution in [0.1, 0.15) is 0 Å². The van der Waals surface area contributed by atoms with Gasteiger partial charge in [-0.2, -0.15) is 0 Å². The molecule has 4 heteroatoms. The molecule has 2 aromatic rings. The third-order valence-corrected chi connectivity index (χ3v) is 3.40. The maximum absolute atomic E-state index is 5.92. The zero-order valence-corrected chi connectivity index (χ0v) is 10.1. The predicted octanol–water partition coefficient (Wildman–Crippen LogP) is 3.66. The van der Waals surface area contributed by atoms with Crippen molar-refractivity contribution in [2.45, 2.75) is 9.79 Å². The van der Waals surface area contributed by atoms with E-state index in [0.29, 0.717) is 5.02 Å². The molecule has 0 heterocycles. The lowest BCUT2D eigenvalue weighted by Gasteiger charge is -2.06. The summed E-state index contributed by atoms with van der Waals surface area (Å²) in [6.07, 6.45) is 0. The number of nitrogens with two attached hydrogens (primary N) is 2. The Hall–Kier alpha value is -1.32. The quantitative estimate of drug-likeness (QED) is 0.800. The van der Waals surface area contributed by atoms with Crippen LogP contribution < -0.4 is 11.5 Å². The number of rotatable bonds is 2. The molecule has 0 saturated carbocycles. The number of halogens is 1. The summed E-state index contributed by atoms with van der Waals surface area (Å²) in [6, 6.07) is 13.1. The largest absolute Gasteiger partial charge is 0.399 e. The monoisotopic (exact) mass is 250 g/mol. The molecular formula is C12H11ClN2S. The Kier molecular flexibility index (Phi) is 3.27. The van der Waals surface area contributed by atoms with Crippen LogP contribution in [0.15, 0.2) is 52.3 Å². The Bertz CT molecular complexity index is 497. The zero-order valence-electron chi connectivity index (χ0n) is 8.48. The molecule has 0 aliphatic heterocycles. The van der Waals surface area contributed by atoms with Gasteiger partial charge in [0, 0.05) is 26.2 Å². The molecule has 16 heavy (non-hydrogen) atoms. The first kappa shape index (κ1) is 11.2. The first-order chi connectivity index (χ1) is 7.65. The molecule has 0 amide bonds. The highest BCUT2D eigenvalue weighted by Crippen LogP contribution is 2.34. The van der Waals surface area contributed by atoms with E-state index in [1.807, 2.05) is 36.4 Å². The zero-order chi connectivity index (χ0) is 11.5. The van der Waals surface area contributed by atoms with E-state index >= 15 is 0 Å². The van der Waals surface area contributed by atoms with Gasteiger partial charge in [-0.15, -0.1) is 0 Å². The van der Waals surface area contributed by atoms with Gasteiger partial charge in [0.15, 0.2) is 0 Å². The number of hydrogen-bond acceptors (Lipinski definition) is 3. The average Bonchev–Trinajstić information content (AvgIpc) is 2.27. The van der Waals surface area contributed by atoms with Gasteiger partial charge in [-0.1, -0.05) is 23.4 Å². The minimum Gasteiger partial charge on any atom is -0.399 e.